The summed E-state index contributed by atoms with van der Waals surface area (Å²) in [6.07, 6.45) is -10.1. The number of para-hydroxylation sites is 1. The van der Waals surface area contributed by atoms with Gasteiger partial charge in [0.2, 0.25) is 0 Å². The molecule has 0 spiro atoms. The van der Waals surface area contributed by atoms with Gasteiger partial charge in [-0.05, 0) is 47.5 Å². The molecule has 8 aromatic carbocycles. The minimum absolute atomic E-state index is 0.00924. The molecule has 334 valence electrons. The van der Waals surface area contributed by atoms with Gasteiger partial charge in [0, 0.05) is 44.2 Å². The third-order valence-electron chi connectivity index (χ3n) is 11.8. The van der Waals surface area contributed by atoms with E-state index in [-0.39, 0.29) is 17.5 Å². The molecule has 7 nitrogen and oxygen atoms in total. The summed E-state index contributed by atoms with van der Waals surface area (Å²) in [5.74, 6) is 2.16. The summed E-state index contributed by atoms with van der Waals surface area (Å²) >= 11 is 0. The van der Waals surface area contributed by atoms with Crippen LogP contribution < -0.4 is 0 Å². The third kappa shape index (κ3) is 8.24. The van der Waals surface area contributed by atoms with Gasteiger partial charge in [-0.15, -0.1) is 0 Å². The Balaban J connectivity index is 1.21. The lowest BCUT2D eigenvalue weighted by molar-refractivity contribution is -0.142. The van der Waals surface area contributed by atoms with Crippen LogP contribution >= 0.6 is 0 Å². The van der Waals surface area contributed by atoms with E-state index in [0.717, 1.165) is 28.0 Å². The second-order valence-electron chi connectivity index (χ2n) is 16.1. The summed E-state index contributed by atoms with van der Waals surface area (Å²) in [4.78, 5) is 29.7. The molecule has 11 rings (SSSR count). The van der Waals surface area contributed by atoms with Crippen LogP contribution in [0.1, 0.15) is 11.1 Å². The molecule has 13 heteroatoms. The Morgan fingerprint density at radius 3 is 1.22 bits per heavy atom. The molecule has 69 heavy (non-hydrogen) atoms. The lowest BCUT2D eigenvalue weighted by atomic mass is 9.95. The number of aromatic nitrogens is 7. The van der Waals surface area contributed by atoms with E-state index in [4.69, 9.17) is 29.9 Å². The van der Waals surface area contributed by atoms with E-state index in [2.05, 4.69) is 0 Å². The first-order chi connectivity index (χ1) is 33.5. The van der Waals surface area contributed by atoms with Crippen molar-refractivity contribution >= 4 is 21.8 Å². The fraction of sp³-hybridized carbons (Fsp3) is 0.0357. The fourth-order valence-corrected chi connectivity index (χ4v) is 8.52. The number of fused-ring (bicyclic) bond motifs is 3. The maximum atomic E-state index is 14.9. The zero-order valence-corrected chi connectivity index (χ0v) is 36.0. The van der Waals surface area contributed by atoms with Crippen molar-refractivity contribution < 1.29 is 26.3 Å². The summed E-state index contributed by atoms with van der Waals surface area (Å²) in [7, 11) is 0. The Morgan fingerprint density at radius 2 is 0.725 bits per heavy atom. The number of hydrogen-bond acceptors (Lipinski definition) is 6. The van der Waals surface area contributed by atoms with Crippen molar-refractivity contribution in [1.29, 1.82) is 0 Å². The maximum absolute atomic E-state index is 14.9. The summed E-state index contributed by atoms with van der Waals surface area (Å²) in [6, 6.07) is 57.4. The summed E-state index contributed by atoms with van der Waals surface area (Å²) in [5, 5.41) is 1.61. The van der Waals surface area contributed by atoms with Crippen LogP contribution in [0.2, 0.25) is 0 Å². The number of nitrogens with zero attached hydrogens (tertiary/aromatic N) is 7. The number of benzene rings is 8. The van der Waals surface area contributed by atoms with E-state index < -0.39 is 29.0 Å². The summed E-state index contributed by atoms with van der Waals surface area (Å²) in [6.45, 7) is 0. The van der Waals surface area contributed by atoms with Crippen molar-refractivity contribution in [3.05, 3.63) is 211 Å². The van der Waals surface area contributed by atoms with Gasteiger partial charge in [-0.3, -0.25) is 0 Å². The van der Waals surface area contributed by atoms with Crippen molar-refractivity contribution in [2.75, 3.05) is 0 Å². The number of halogens is 6. The standard InChI is InChI=1S/C56H33F6N7/c57-55(58,59)40-27-30-41(45(33-40)56(60,61)62)38-25-29-44(54-67-51(36-19-9-3-10-20-36)64-52(68-54)37-21-11-4-12-22-37)48(31-38)69-46-24-14-13-23-42(46)43-28-26-39(32-47(43)69)53-65-49(34-15-5-1-6-16-34)63-50(66-53)35-17-7-2-8-18-35/h1-33H. The predicted octanol–water partition coefficient (Wildman–Crippen LogP) is 14.9. The van der Waals surface area contributed by atoms with Crippen LogP contribution in [-0.4, -0.2) is 34.5 Å². The Kier molecular flexibility index (Phi) is 10.6. The van der Waals surface area contributed by atoms with E-state index in [1.165, 1.54) is 6.07 Å². The number of rotatable bonds is 8. The largest absolute Gasteiger partial charge is 0.417 e. The van der Waals surface area contributed by atoms with Crippen molar-refractivity contribution in [3.63, 3.8) is 0 Å². The van der Waals surface area contributed by atoms with Gasteiger partial charge in [0.05, 0.1) is 27.8 Å². The summed E-state index contributed by atoms with van der Waals surface area (Å²) in [5.41, 5.74) is 2.32. The molecule has 0 bridgehead atoms. The topological polar surface area (TPSA) is 82.3 Å². The Labute approximate surface area is 390 Å². The van der Waals surface area contributed by atoms with E-state index in [0.29, 0.717) is 74.2 Å². The van der Waals surface area contributed by atoms with E-state index in [1.807, 2.05) is 168 Å². The van der Waals surface area contributed by atoms with Crippen LogP contribution in [-0.2, 0) is 12.4 Å². The first kappa shape index (κ1) is 42.8. The minimum Gasteiger partial charge on any atom is -0.308 e. The molecule has 0 aliphatic rings. The van der Waals surface area contributed by atoms with Crippen molar-refractivity contribution in [2.45, 2.75) is 12.4 Å². The highest BCUT2D eigenvalue weighted by atomic mass is 19.4. The van der Waals surface area contributed by atoms with Crippen LogP contribution in [0.3, 0.4) is 0 Å². The molecule has 0 atom stereocenters. The Hall–Kier alpha value is -8.84. The average molecular weight is 918 g/mol. The first-order valence-corrected chi connectivity index (χ1v) is 21.7. The second-order valence-corrected chi connectivity index (χ2v) is 16.1. The zero-order valence-electron chi connectivity index (χ0n) is 36.0. The van der Waals surface area contributed by atoms with Crippen molar-refractivity contribution in [3.8, 4) is 85.1 Å². The SMILES string of the molecule is FC(F)(F)c1ccc(-c2ccc(-c3nc(-c4ccccc4)nc(-c4ccccc4)n3)c(-n3c4ccccc4c4ccc(-c5nc(-c6ccccc6)nc(-c6ccccc6)n5)cc43)c2)c(C(F)(F)F)c1. The molecular formula is C56H33F6N7. The molecule has 0 radical (unpaired) electrons. The molecule has 0 N–H and O–H groups in total. The van der Waals surface area contributed by atoms with Gasteiger partial charge in [-0.25, -0.2) is 29.9 Å². The molecular weight excluding hydrogens is 885 g/mol. The third-order valence-corrected chi connectivity index (χ3v) is 11.8. The van der Waals surface area contributed by atoms with Gasteiger partial charge in [-0.2, -0.15) is 26.3 Å². The monoisotopic (exact) mass is 917 g/mol. The predicted molar refractivity (Wildman–Crippen MR) is 256 cm³/mol. The highest BCUT2D eigenvalue weighted by Crippen LogP contribution is 2.44. The molecule has 3 heterocycles. The highest BCUT2D eigenvalue weighted by molar-refractivity contribution is 6.10. The second kappa shape index (κ2) is 17.1. The Morgan fingerprint density at radius 1 is 0.304 bits per heavy atom. The van der Waals surface area contributed by atoms with Gasteiger partial charge < -0.3 is 4.57 Å². The Bertz CT molecular complexity index is 3580. The minimum atomic E-state index is -5.14. The fourth-order valence-electron chi connectivity index (χ4n) is 8.52. The zero-order chi connectivity index (χ0) is 47.3. The number of hydrogen-bond donors (Lipinski definition) is 0. The van der Waals surface area contributed by atoms with E-state index in [9.17, 15) is 26.3 Å². The molecule has 3 aromatic heterocycles. The molecule has 0 saturated carbocycles. The average Bonchev–Trinajstić information content (AvgIpc) is 3.72. The van der Waals surface area contributed by atoms with Crippen LogP contribution in [0.5, 0.6) is 0 Å². The van der Waals surface area contributed by atoms with Crippen LogP contribution in [0.15, 0.2) is 200 Å². The molecule has 11 aromatic rings. The van der Waals surface area contributed by atoms with Crippen LogP contribution in [0.25, 0.3) is 107 Å². The van der Waals surface area contributed by atoms with Crippen molar-refractivity contribution in [2.24, 2.45) is 0 Å². The molecule has 0 fully saturated rings. The quantitative estimate of drug-likeness (QED) is 0.141. The van der Waals surface area contributed by atoms with Crippen LogP contribution in [0, 0.1) is 0 Å². The number of alkyl halides is 6. The van der Waals surface area contributed by atoms with Gasteiger partial charge >= 0.3 is 12.4 Å². The highest BCUT2D eigenvalue weighted by Gasteiger charge is 2.38. The lowest BCUT2D eigenvalue weighted by Gasteiger charge is -2.19. The molecule has 0 unspecified atom stereocenters. The first-order valence-electron chi connectivity index (χ1n) is 21.7. The van der Waals surface area contributed by atoms with Gasteiger partial charge in [0.15, 0.2) is 34.9 Å². The molecule has 0 amide bonds. The van der Waals surface area contributed by atoms with Crippen LogP contribution in [0.4, 0.5) is 26.3 Å². The normalized spacial score (nSPS) is 11.9. The van der Waals surface area contributed by atoms with Gasteiger partial charge in [0.25, 0.3) is 0 Å². The molecule has 0 aliphatic carbocycles. The maximum Gasteiger partial charge on any atom is 0.417 e. The summed E-state index contributed by atoms with van der Waals surface area (Å²) < 4.78 is 88.5. The van der Waals surface area contributed by atoms with E-state index in [1.54, 1.807) is 12.1 Å². The van der Waals surface area contributed by atoms with Crippen molar-refractivity contribution in [1.82, 2.24) is 34.5 Å². The van der Waals surface area contributed by atoms with Gasteiger partial charge in [0.1, 0.15) is 0 Å². The van der Waals surface area contributed by atoms with E-state index >= 15 is 0 Å². The van der Waals surface area contributed by atoms with Gasteiger partial charge in [-0.1, -0.05) is 164 Å². The lowest BCUT2D eigenvalue weighted by Crippen LogP contribution is -2.12. The smallest absolute Gasteiger partial charge is 0.308 e. The molecule has 0 aliphatic heterocycles. The molecule has 0 saturated heterocycles.